The van der Waals surface area contributed by atoms with E-state index < -0.39 is 0 Å². The molecular formula is C10H8ClNS. The molecule has 0 atom stereocenters. The third-order valence-corrected chi connectivity index (χ3v) is 2.90. The zero-order valence-electron chi connectivity index (χ0n) is 7.12. The molecule has 3 heteroatoms. The van der Waals surface area contributed by atoms with Crippen LogP contribution in [0, 0.1) is 6.92 Å². The van der Waals surface area contributed by atoms with Crippen LogP contribution >= 0.6 is 22.9 Å². The summed E-state index contributed by atoms with van der Waals surface area (Å²) in [5.41, 5.74) is 5.07. The summed E-state index contributed by atoms with van der Waals surface area (Å²) in [6.07, 6.45) is 0. The van der Waals surface area contributed by atoms with Crippen LogP contribution in [0.25, 0.3) is 11.3 Å². The third kappa shape index (κ3) is 1.74. The average molecular weight is 210 g/mol. The van der Waals surface area contributed by atoms with E-state index in [4.69, 9.17) is 11.6 Å². The summed E-state index contributed by atoms with van der Waals surface area (Å²) >= 11 is 7.52. The predicted molar refractivity (Wildman–Crippen MR) is 57.3 cm³/mol. The molecule has 2 aromatic rings. The molecule has 1 aromatic heterocycles. The molecule has 0 aliphatic carbocycles. The van der Waals surface area contributed by atoms with E-state index in [1.54, 1.807) is 11.3 Å². The summed E-state index contributed by atoms with van der Waals surface area (Å²) in [6.45, 7) is 2.00. The van der Waals surface area contributed by atoms with Gasteiger partial charge in [0.05, 0.1) is 11.2 Å². The fourth-order valence-electron chi connectivity index (χ4n) is 1.16. The molecule has 0 bridgehead atoms. The van der Waals surface area contributed by atoms with Gasteiger partial charge in [-0.2, -0.15) is 0 Å². The van der Waals surface area contributed by atoms with E-state index in [0.717, 1.165) is 21.8 Å². The van der Waals surface area contributed by atoms with Gasteiger partial charge in [0.2, 0.25) is 0 Å². The van der Waals surface area contributed by atoms with Crippen molar-refractivity contribution in [3.63, 3.8) is 0 Å². The van der Waals surface area contributed by atoms with Crippen LogP contribution in [0.2, 0.25) is 5.02 Å². The predicted octanol–water partition coefficient (Wildman–Crippen LogP) is 3.77. The molecule has 0 radical (unpaired) electrons. The van der Waals surface area contributed by atoms with Crippen molar-refractivity contribution in [1.29, 1.82) is 0 Å². The zero-order valence-corrected chi connectivity index (χ0v) is 8.69. The first-order valence-corrected chi connectivity index (χ1v) is 5.24. The van der Waals surface area contributed by atoms with Gasteiger partial charge >= 0.3 is 0 Å². The number of hydrogen-bond donors (Lipinski definition) is 0. The van der Waals surface area contributed by atoms with Crippen molar-refractivity contribution in [2.45, 2.75) is 6.92 Å². The van der Waals surface area contributed by atoms with Crippen molar-refractivity contribution in [1.82, 2.24) is 4.98 Å². The monoisotopic (exact) mass is 209 g/mol. The number of aromatic nitrogens is 1. The highest BCUT2D eigenvalue weighted by Gasteiger charge is 2.01. The van der Waals surface area contributed by atoms with Crippen molar-refractivity contribution in [2.24, 2.45) is 0 Å². The molecule has 13 heavy (non-hydrogen) atoms. The van der Waals surface area contributed by atoms with Gasteiger partial charge in [-0.05, 0) is 24.6 Å². The lowest BCUT2D eigenvalue weighted by Gasteiger charge is -2.00. The molecule has 0 aliphatic rings. The van der Waals surface area contributed by atoms with Crippen LogP contribution in [0.1, 0.15) is 5.56 Å². The first kappa shape index (κ1) is 8.73. The highest BCUT2D eigenvalue weighted by Crippen LogP contribution is 2.24. The van der Waals surface area contributed by atoms with Gasteiger partial charge in [0.1, 0.15) is 0 Å². The highest BCUT2D eigenvalue weighted by atomic mass is 35.5. The average Bonchev–Trinajstić information content (AvgIpc) is 2.62. The van der Waals surface area contributed by atoms with Crippen molar-refractivity contribution >= 4 is 22.9 Å². The minimum atomic E-state index is 0.805. The quantitative estimate of drug-likeness (QED) is 0.697. The molecule has 0 N–H and O–H groups in total. The van der Waals surface area contributed by atoms with Gasteiger partial charge in [0.25, 0.3) is 0 Å². The maximum absolute atomic E-state index is 5.92. The SMILES string of the molecule is Cc1cc(-c2cscn2)ccc1Cl. The van der Waals surface area contributed by atoms with E-state index in [0.29, 0.717) is 0 Å². The van der Waals surface area contributed by atoms with Gasteiger partial charge in [0, 0.05) is 16.0 Å². The summed E-state index contributed by atoms with van der Waals surface area (Å²) in [5, 5.41) is 2.84. The van der Waals surface area contributed by atoms with E-state index in [2.05, 4.69) is 11.1 Å². The summed E-state index contributed by atoms with van der Waals surface area (Å²) in [5.74, 6) is 0. The number of hydrogen-bond acceptors (Lipinski definition) is 2. The second-order valence-electron chi connectivity index (χ2n) is 2.84. The summed E-state index contributed by atoms with van der Waals surface area (Å²) < 4.78 is 0. The highest BCUT2D eigenvalue weighted by molar-refractivity contribution is 7.07. The summed E-state index contributed by atoms with van der Waals surface area (Å²) in [6, 6.07) is 5.95. The van der Waals surface area contributed by atoms with Crippen LogP contribution in [0.15, 0.2) is 29.1 Å². The maximum atomic E-state index is 5.92. The number of rotatable bonds is 1. The maximum Gasteiger partial charge on any atom is 0.0811 e. The third-order valence-electron chi connectivity index (χ3n) is 1.89. The lowest BCUT2D eigenvalue weighted by Crippen LogP contribution is -1.79. The number of benzene rings is 1. The number of aryl methyl sites for hydroxylation is 1. The van der Waals surface area contributed by atoms with Gasteiger partial charge in [-0.15, -0.1) is 11.3 Å². The van der Waals surface area contributed by atoms with Crippen molar-refractivity contribution in [3.05, 3.63) is 39.7 Å². The Morgan fingerprint density at radius 1 is 1.38 bits per heavy atom. The Labute approximate surface area is 86.0 Å². The second-order valence-corrected chi connectivity index (χ2v) is 3.96. The van der Waals surface area contributed by atoms with Crippen molar-refractivity contribution in [2.75, 3.05) is 0 Å². The van der Waals surface area contributed by atoms with Gasteiger partial charge in [0.15, 0.2) is 0 Å². The Bertz CT molecular complexity index is 409. The molecule has 0 saturated carbocycles. The first-order chi connectivity index (χ1) is 6.27. The van der Waals surface area contributed by atoms with E-state index in [1.807, 2.05) is 29.9 Å². The molecular weight excluding hydrogens is 202 g/mol. The van der Waals surface area contributed by atoms with E-state index in [-0.39, 0.29) is 0 Å². The van der Waals surface area contributed by atoms with Crippen LogP contribution in [-0.4, -0.2) is 4.98 Å². The van der Waals surface area contributed by atoms with Crippen LogP contribution in [0.3, 0.4) is 0 Å². The topological polar surface area (TPSA) is 12.9 Å². The summed E-state index contributed by atoms with van der Waals surface area (Å²) in [4.78, 5) is 4.23. The van der Waals surface area contributed by atoms with Crippen molar-refractivity contribution < 1.29 is 0 Å². The number of thiazole rings is 1. The normalized spacial score (nSPS) is 10.3. The number of halogens is 1. The van der Waals surface area contributed by atoms with Gasteiger partial charge in [-0.25, -0.2) is 4.98 Å². The van der Waals surface area contributed by atoms with Gasteiger partial charge in [-0.1, -0.05) is 17.7 Å². The Hall–Kier alpha value is -0.860. The lowest BCUT2D eigenvalue weighted by molar-refractivity contribution is 1.39. The van der Waals surface area contributed by atoms with Gasteiger partial charge in [-0.3, -0.25) is 0 Å². The molecule has 2 rings (SSSR count). The van der Waals surface area contributed by atoms with E-state index >= 15 is 0 Å². The molecule has 0 saturated heterocycles. The molecule has 0 aliphatic heterocycles. The first-order valence-electron chi connectivity index (χ1n) is 3.92. The Morgan fingerprint density at radius 2 is 2.23 bits per heavy atom. The van der Waals surface area contributed by atoms with Crippen LogP contribution in [0.4, 0.5) is 0 Å². The molecule has 0 amide bonds. The van der Waals surface area contributed by atoms with Crippen LogP contribution in [-0.2, 0) is 0 Å². The molecule has 1 nitrogen and oxygen atoms in total. The van der Waals surface area contributed by atoms with E-state index in [9.17, 15) is 0 Å². The largest absolute Gasteiger partial charge is 0.245 e. The Kier molecular flexibility index (Phi) is 2.34. The Morgan fingerprint density at radius 3 is 2.85 bits per heavy atom. The molecule has 0 spiro atoms. The number of nitrogens with zero attached hydrogens (tertiary/aromatic N) is 1. The van der Waals surface area contributed by atoms with E-state index in [1.165, 1.54) is 0 Å². The smallest absolute Gasteiger partial charge is 0.0811 e. The fourth-order valence-corrected chi connectivity index (χ4v) is 1.84. The minimum absolute atomic E-state index is 0.805. The standard InChI is InChI=1S/C10H8ClNS/c1-7-4-8(2-3-9(7)11)10-5-13-6-12-10/h2-6H,1H3. The molecule has 66 valence electrons. The molecule has 0 fully saturated rings. The second kappa shape index (κ2) is 3.48. The molecule has 1 heterocycles. The van der Waals surface area contributed by atoms with Gasteiger partial charge < -0.3 is 0 Å². The minimum Gasteiger partial charge on any atom is -0.245 e. The van der Waals surface area contributed by atoms with Crippen LogP contribution < -0.4 is 0 Å². The van der Waals surface area contributed by atoms with Crippen molar-refractivity contribution in [3.8, 4) is 11.3 Å². The summed E-state index contributed by atoms with van der Waals surface area (Å²) in [7, 11) is 0. The molecule has 1 aromatic carbocycles. The lowest BCUT2D eigenvalue weighted by atomic mass is 10.1. The Balaban J connectivity index is 2.49. The zero-order chi connectivity index (χ0) is 9.26. The van der Waals surface area contributed by atoms with Crippen LogP contribution in [0.5, 0.6) is 0 Å². The fraction of sp³-hybridized carbons (Fsp3) is 0.100. The molecule has 0 unspecified atom stereocenters.